The molecule has 6 N–H and O–H groups in total. The number of unbranched alkanes of at least 4 members (excludes halogenated alkanes) is 3. The molecule has 2 aliphatic heterocycles. The number of nitrogens with one attached hydrogen (secondary N) is 4. The van der Waals surface area contributed by atoms with Crippen molar-refractivity contribution in [2.45, 2.75) is 67.2 Å². The number of rotatable bonds is 16. The van der Waals surface area contributed by atoms with Gasteiger partial charge in [-0.25, -0.2) is 17.6 Å². The molecule has 0 spiro atoms. The lowest BCUT2D eigenvalue weighted by Gasteiger charge is -2.16. The van der Waals surface area contributed by atoms with Crippen LogP contribution in [0, 0.1) is 0 Å². The number of hydrogen-bond donors (Lipinski definition) is 5. The standard InChI is InChI=1S/C26H38FN5O5S2/c27-19(11-12-28)17-39(36,37)20-8-6-7-18(15-20)25(34)30-14-5-1-4-13-29-23(33)10-3-2-9-22-24-21(16-38-22)31-26(35)32-24/h6-8,11,15,21-22,24H,1-5,9-10,12-14,16-17,28H2,(H,29,33)(H,30,34)(H2,31,32,35)/b19-11-/t21-,22-,24-/m0/s1. The summed E-state index contributed by atoms with van der Waals surface area (Å²) in [5.74, 6) is -1.07. The minimum absolute atomic E-state index is 0.0318. The Morgan fingerprint density at radius 1 is 1.10 bits per heavy atom. The normalized spacial score (nSPS) is 20.7. The van der Waals surface area contributed by atoms with Gasteiger partial charge in [0.05, 0.1) is 17.0 Å². The van der Waals surface area contributed by atoms with Crippen LogP contribution in [0.5, 0.6) is 0 Å². The van der Waals surface area contributed by atoms with Crippen LogP contribution >= 0.6 is 11.8 Å². The highest BCUT2D eigenvalue weighted by atomic mass is 32.2. The maximum Gasteiger partial charge on any atom is 0.315 e. The molecule has 2 saturated heterocycles. The third kappa shape index (κ3) is 9.80. The van der Waals surface area contributed by atoms with Crippen molar-refractivity contribution < 1.29 is 27.2 Å². The molecule has 0 aromatic heterocycles. The summed E-state index contributed by atoms with van der Waals surface area (Å²) in [6.07, 6.45) is 6.53. The molecule has 0 saturated carbocycles. The smallest absolute Gasteiger partial charge is 0.315 e. The summed E-state index contributed by atoms with van der Waals surface area (Å²) < 4.78 is 38.4. The van der Waals surface area contributed by atoms with Gasteiger partial charge in [-0.15, -0.1) is 0 Å². The van der Waals surface area contributed by atoms with Crippen molar-refractivity contribution in [3.63, 3.8) is 0 Å². The molecule has 13 heteroatoms. The summed E-state index contributed by atoms with van der Waals surface area (Å²) in [7, 11) is -3.93. The van der Waals surface area contributed by atoms with Crippen LogP contribution in [0.3, 0.4) is 0 Å². The van der Waals surface area contributed by atoms with Crippen molar-refractivity contribution >= 4 is 39.4 Å². The number of carbonyl (C=O) groups is 3. The zero-order chi connectivity index (χ0) is 28.3. The Morgan fingerprint density at radius 2 is 1.87 bits per heavy atom. The van der Waals surface area contributed by atoms with Crippen LogP contribution in [0.15, 0.2) is 41.1 Å². The Balaban J connectivity index is 1.23. The first-order valence-corrected chi connectivity index (χ1v) is 16.0. The van der Waals surface area contributed by atoms with E-state index in [1.807, 2.05) is 11.8 Å². The van der Waals surface area contributed by atoms with Gasteiger partial charge >= 0.3 is 6.03 Å². The van der Waals surface area contributed by atoms with Crippen LogP contribution in [-0.2, 0) is 14.6 Å². The van der Waals surface area contributed by atoms with Crippen LogP contribution in [-0.4, -0.2) is 74.7 Å². The fourth-order valence-corrected chi connectivity index (χ4v) is 7.39. The Hall–Kier alpha value is -2.64. The van der Waals surface area contributed by atoms with Crippen molar-refractivity contribution in [1.82, 2.24) is 21.3 Å². The van der Waals surface area contributed by atoms with E-state index in [1.54, 1.807) is 0 Å². The van der Waals surface area contributed by atoms with Crippen molar-refractivity contribution in [3.8, 4) is 0 Å². The predicted molar refractivity (Wildman–Crippen MR) is 150 cm³/mol. The van der Waals surface area contributed by atoms with Gasteiger partial charge in [0.1, 0.15) is 11.6 Å². The minimum atomic E-state index is -3.93. The molecule has 0 radical (unpaired) electrons. The van der Waals surface area contributed by atoms with Gasteiger partial charge in [-0.3, -0.25) is 9.59 Å². The fourth-order valence-electron chi connectivity index (χ4n) is 4.60. The first-order valence-electron chi connectivity index (χ1n) is 13.3. The number of urea groups is 1. The van der Waals surface area contributed by atoms with Gasteiger partial charge in [0.25, 0.3) is 5.91 Å². The summed E-state index contributed by atoms with van der Waals surface area (Å²) >= 11 is 1.88. The molecule has 1 aromatic carbocycles. The first-order chi connectivity index (χ1) is 18.7. The lowest BCUT2D eigenvalue weighted by Crippen LogP contribution is -2.36. The number of hydrogen-bond acceptors (Lipinski definition) is 7. The maximum absolute atomic E-state index is 13.6. The molecule has 39 heavy (non-hydrogen) atoms. The lowest BCUT2D eigenvalue weighted by molar-refractivity contribution is -0.121. The summed E-state index contributed by atoms with van der Waals surface area (Å²) in [6, 6.07) is 5.86. The number of benzene rings is 1. The largest absolute Gasteiger partial charge is 0.356 e. The van der Waals surface area contributed by atoms with E-state index in [4.69, 9.17) is 5.73 Å². The van der Waals surface area contributed by atoms with E-state index in [-0.39, 0.29) is 41.0 Å². The molecule has 2 heterocycles. The van der Waals surface area contributed by atoms with Gasteiger partial charge in [0.15, 0.2) is 9.84 Å². The topological polar surface area (TPSA) is 159 Å². The van der Waals surface area contributed by atoms with Gasteiger partial charge in [-0.05, 0) is 56.4 Å². The second-order valence-corrected chi connectivity index (χ2v) is 13.0. The third-order valence-electron chi connectivity index (χ3n) is 6.66. The van der Waals surface area contributed by atoms with Crippen molar-refractivity contribution in [1.29, 1.82) is 0 Å². The van der Waals surface area contributed by atoms with E-state index in [0.717, 1.165) is 43.9 Å². The Morgan fingerprint density at radius 3 is 2.64 bits per heavy atom. The van der Waals surface area contributed by atoms with Crippen molar-refractivity contribution in [2.75, 3.05) is 31.1 Å². The van der Waals surface area contributed by atoms with E-state index in [0.29, 0.717) is 31.2 Å². The van der Waals surface area contributed by atoms with E-state index in [2.05, 4.69) is 21.3 Å². The molecule has 10 nitrogen and oxygen atoms in total. The molecule has 1 aromatic rings. The molecule has 3 rings (SSSR count). The first kappa shape index (κ1) is 30.9. The molecule has 2 fully saturated rings. The number of amides is 4. The van der Waals surface area contributed by atoms with Gasteiger partial charge in [-0.2, -0.15) is 11.8 Å². The van der Waals surface area contributed by atoms with E-state index in [1.165, 1.54) is 24.3 Å². The fraction of sp³-hybridized carbons (Fsp3) is 0.577. The number of carbonyl (C=O) groups excluding carboxylic acids is 3. The highest BCUT2D eigenvalue weighted by Crippen LogP contribution is 2.33. The molecule has 3 atom stereocenters. The SMILES string of the molecule is NC/C=C(\F)CS(=O)(=O)c1cccc(C(=O)NCCCCCNC(=O)CCCC[C@@H]2SC[C@@H]3NC(=O)N[C@@H]32)c1. The second kappa shape index (κ2) is 15.2. The number of nitrogens with two attached hydrogens (primary N) is 1. The summed E-state index contributed by atoms with van der Waals surface area (Å²) in [5, 5.41) is 12.0. The molecule has 0 aliphatic carbocycles. The highest BCUT2D eigenvalue weighted by Gasteiger charge is 2.42. The summed E-state index contributed by atoms with van der Waals surface area (Å²) in [4.78, 5) is 35.8. The Labute approximate surface area is 233 Å². The molecular formula is C26H38FN5O5S2. The lowest BCUT2D eigenvalue weighted by atomic mass is 10.0. The molecule has 4 amide bonds. The zero-order valence-corrected chi connectivity index (χ0v) is 23.6. The number of thioether (sulfide) groups is 1. The second-order valence-electron chi connectivity index (χ2n) is 9.71. The minimum Gasteiger partial charge on any atom is -0.356 e. The van der Waals surface area contributed by atoms with E-state index >= 15 is 0 Å². The van der Waals surface area contributed by atoms with Crippen LogP contribution < -0.4 is 27.0 Å². The van der Waals surface area contributed by atoms with Crippen LogP contribution in [0.1, 0.15) is 55.3 Å². The van der Waals surface area contributed by atoms with Crippen molar-refractivity contribution in [2.24, 2.45) is 5.73 Å². The summed E-state index contributed by atoms with van der Waals surface area (Å²) in [6.45, 7) is 0.884. The zero-order valence-electron chi connectivity index (χ0n) is 21.9. The molecule has 0 bridgehead atoms. The Bertz CT molecular complexity index is 1150. The molecule has 0 unspecified atom stereocenters. The monoisotopic (exact) mass is 583 g/mol. The van der Waals surface area contributed by atoms with E-state index < -0.39 is 27.3 Å². The average Bonchev–Trinajstić information content (AvgIpc) is 3.45. The molecular weight excluding hydrogens is 545 g/mol. The van der Waals surface area contributed by atoms with Crippen LogP contribution in [0.2, 0.25) is 0 Å². The van der Waals surface area contributed by atoms with Gasteiger partial charge in [0, 0.05) is 42.6 Å². The van der Waals surface area contributed by atoms with Crippen LogP contribution in [0.25, 0.3) is 0 Å². The maximum atomic E-state index is 13.6. The van der Waals surface area contributed by atoms with E-state index in [9.17, 15) is 27.2 Å². The van der Waals surface area contributed by atoms with Gasteiger partial charge < -0.3 is 27.0 Å². The third-order valence-corrected chi connectivity index (χ3v) is 9.80. The predicted octanol–water partition coefficient (Wildman–Crippen LogP) is 2.01. The van der Waals surface area contributed by atoms with Crippen LogP contribution in [0.4, 0.5) is 9.18 Å². The summed E-state index contributed by atoms with van der Waals surface area (Å²) in [5.41, 5.74) is 5.39. The quantitative estimate of drug-likeness (QED) is 0.147. The number of sulfone groups is 1. The molecule has 216 valence electrons. The average molecular weight is 584 g/mol. The highest BCUT2D eigenvalue weighted by molar-refractivity contribution is 8.00. The van der Waals surface area contributed by atoms with Crippen molar-refractivity contribution in [3.05, 3.63) is 41.7 Å². The van der Waals surface area contributed by atoms with Gasteiger partial charge in [-0.1, -0.05) is 12.5 Å². The molecule has 2 aliphatic rings. The van der Waals surface area contributed by atoms with Gasteiger partial charge in [0.2, 0.25) is 5.91 Å². The number of halogens is 1. The number of fused-ring (bicyclic) bond motifs is 1. The Kier molecular flexibility index (Phi) is 12.1.